The van der Waals surface area contributed by atoms with Gasteiger partial charge < -0.3 is 19.9 Å². The Morgan fingerprint density at radius 1 is 1.19 bits per heavy atom. The minimum atomic E-state index is -3.09. The highest BCUT2D eigenvalue weighted by Crippen LogP contribution is 2.49. The van der Waals surface area contributed by atoms with Crippen LogP contribution in [-0.4, -0.2) is 46.3 Å². The number of benzene rings is 2. The number of carbonyl (C=O) groups is 2. The van der Waals surface area contributed by atoms with Gasteiger partial charge in [-0.1, -0.05) is 15.9 Å². The fourth-order valence-corrected chi connectivity index (χ4v) is 5.66. The Hall–Kier alpha value is -3.01. The van der Waals surface area contributed by atoms with E-state index in [0.717, 1.165) is 10.2 Å². The molecule has 190 valence electrons. The average molecular weight is 564 g/mol. The number of fused-ring (bicyclic) bond motifs is 4. The fourth-order valence-electron chi connectivity index (χ4n) is 5.39. The zero-order valence-corrected chi connectivity index (χ0v) is 21.1. The Labute approximate surface area is 214 Å². The van der Waals surface area contributed by atoms with Crippen LogP contribution in [-0.2, 0) is 9.59 Å². The number of carbonyl (C=O) groups excluding carboxylic acids is 2. The Kier molecular flexibility index (Phi) is 6.48. The van der Waals surface area contributed by atoms with Crippen molar-refractivity contribution in [3.63, 3.8) is 0 Å². The quantitative estimate of drug-likeness (QED) is 0.398. The van der Waals surface area contributed by atoms with Crippen LogP contribution in [0, 0.1) is 18.7 Å². The summed E-state index contributed by atoms with van der Waals surface area (Å²) in [7, 11) is 0. The number of nitrogens with one attached hydrogen (secondary N) is 2. The van der Waals surface area contributed by atoms with E-state index in [9.17, 15) is 18.4 Å². The van der Waals surface area contributed by atoms with Gasteiger partial charge in [0.05, 0.1) is 24.6 Å². The predicted octanol–water partition coefficient (Wildman–Crippen LogP) is 5.80. The Morgan fingerprint density at radius 2 is 1.94 bits per heavy atom. The molecule has 2 N–H and O–H groups in total. The second-order valence-corrected chi connectivity index (χ2v) is 10.3. The normalized spacial score (nSPS) is 22.6. The average Bonchev–Trinajstić information content (AvgIpc) is 3.22. The van der Waals surface area contributed by atoms with Crippen LogP contribution < -0.4 is 10.1 Å². The number of aromatic amines is 1. The summed E-state index contributed by atoms with van der Waals surface area (Å²) in [4.78, 5) is 30.8. The fraction of sp³-hybridized carbons (Fsp3) is 0.385. The van der Waals surface area contributed by atoms with Gasteiger partial charge in [-0.25, -0.2) is 13.2 Å². The molecule has 2 aromatic carbocycles. The van der Waals surface area contributed by atoms with E-state index in [1.807, 2.05) is 0 Å². The van der Waals surface area contributed by atoms with E-state index in [-0.39, 0.29) is 25.1 Å². The predicted molar refractivity (Wildman–Crippen MR) is 133 cm³/mol. The van der Waals surface area contributed by atoms with Crippen molar-refractivity contribution in [2.45, 2.75) is 50.6 Å². The summed E-state index contributed by atoms with van der Waals surface area (Å²) in [6.45, 7) is 1.82. The van der Waals surface area contributed by atoms with Gasteiger partial charge in [0, 0.05) is 33.5 Å². The molecule has 2 aliphatic heterocycles. The Bertz CT molecular complexity index is 1310. The number of H-pyrrole nitrogens is 1. The van der Waals surface area contributed by atoms with Gasteiger partial charge in [-0.15, -0.1) is 0 Å². The molecule has 0 spiro atoms. The summed E-state index contributed by atoms with van der Waals surface area (Å²) in [5.41, 5.74) is 1.20. The number of nitrogens with zero attached hydrogens (tertiary/aromatic N) is 1. The monoisotopic (exact) mass is 563 g/mol. The van der Waals surface area contributed by atoms with Gasteiger partial charge in [0.25, 0.3) is 5.92 Å². The molecule has 3 atom stereocenters. The first-order chi connectivity index (χ1) is 17.1. The second kappa shape index (κ2) is 9.46. The zero-order valence-electron chi connectivity index (χ0n) is 19.5. The highest BCUT2D eigenvalue weighted by atomic mass is 79.9. The van der Waals surface area contributed by atoms with Crippen LogP contribution in [0.15, 0.2) is 46.9 Å². The van der Waals surface area contributed by atoms with E-state index in [4.69, 9.17) is 4.74 Å². The highest BCUT2D eigenvalue weighted by molar-refractivity contribution is 9.10. The lowest BCUT2D eigenvalue weighted by atomic mass is 9.71. The van der Waals surface area contributed by atoms with Crippen LogP contribution >= 0.6 is 15.9 Å². The lowest BCUT2D eigenvalue weighted by molar-refractivity contribution is -0.192. The van der Waals surface area contributed by atoms with Gasteiger partial charge in [-0.05, 0) is 62.2 Å². The maximum atomic E-state index is 15.1. The van der Waals surface area contributed by atoms with Crippen LogP contribution in [0.4, 0.5) is 18.9 Å². The molecule has 3 aliphatic rings. The summed E-state index contributed by atoms with van der Waals surface area (Å²) >= 11 is 3.34. The van der Waals surface area contributed by atoms with Crippen LogP contribution in [0.3, 0.4) is 0 Å². The van der Waals surface area contributed by atoms with Crippen molar-refractivity contribution in [1.82, 2.24) is 9.88 Å². The van der Waals surface area contributed by atoms with Crippen molar-refractivity contribution < 1.29 is 27.5 Å². The molecule has 36 heavy (non-hydrogen) atoms. The zero-order chi connectivity index (χ0) is 25.6. The molecule has 0 unspecified atom stereocenters. The van der Waals surface area contributed by atoms with E-state index >= 15 is 4.39 Å². The molecule has 1 saturated carbocycles. The van der Waals surface area contributed by atoms with Crippen molar-refractivity contribution in [3.8, 4) is 5.75 Å². The molecule has 2 saturated heterocycles. The van der Waals surface area contributed by atoms with Gasteiger partial charge >= 0.3 is 0 Å². The molecule has 10 heteroatoms. The van der Waals surface area contributed by atoms with Crippen LogP contribution in [0.2, 0.25) is 0 Å². The second-order valence-electron chi connectivity index (χ2n) is 9.43. The SMILES string of the molecule is Cc1cc2c(F)c(NC(=O)[C@@H]3[C@@H]4CC[C@@H](CC4(F)F)N3C(=O)CCOc3ccc(Br)cc3)ccc2[nH]1. The number of hydrogen-bond donors (Lipinski definition) is 2. The maximum Gasteiger partial charge on any atom is 0.255 e. The first kappa shape index (κ1) is 24.7. The first-order valence-corrected chi connectivity index (χ1v) is 12.6. The van der Waals surface area contributed by atoms with Crippen molar-refractivity contribution in [2.24, 2.45) is 5.92 Å². The molecule has 0 radical (unpaired) electrons. The number of aromatic nitrogens is 1. The van der Waals surface area contributed by atoms with E-state index in [2.05, 4.69) is 26.2 Å². The number of amides is 2. The van der Waals surface area contributed by atoms with Crippen molar-refractivity contribution in [3.05, 3.63) is 58.4 Å². The standard InChI is InChI=1S/C26H25BrF3N3O3/c1-14-12-18-20(31-14)8-9-21(23(18)28)32-25(35)24-19-7-4-16(13-26(19,29)30)33(24)22(34)10-11-36-17-5-2-15(27)3-6-17/h2-3,5-6,8-9,12,16,19,24,31H,4,7,10-11,13H2,1H3,(H,32,35)/t16-,19-,24-/m0/s1. The molecular formula is C26H25BrF3N3O3. The van der Waals surface area contributed by atoms with Crippen molar-refractivity contribution in [1.29, 1.82) is 0 Å². The number of ether oxygens (including phenoxy) is 1. The van der Waals surface area contributed by atoms with Crippen molar-refractivity contribution in [2.75, 3.05) is 11.9 Å². The number of piperidine rings is 2. The number of halogens is 4. The maximum absolute atomic E-state index is 15.1. The Balaban J connectivity index is 1.35. The number of hydrogen-bond acceptors (Lipinski definition) is 3. The molecule has 1 aliphatic carbocycles. The summed E-state index contributed by atoms with van der Waals surface area (Å²) in [6.07, 6.45) is -0.0406. The minimum absolute atomic E-state index is 0.0389. The van der Waals surface area contributed by atoms with Gasteiger partial charge in [0.15, 0.2) is 5.82 Å². The minimum Gasteiger partial charge on any atom is -0.493 e. The van der Waals surface area contributed by atoms with Crippen LogP contribution in [0.5, 0.6) is 5.75 Å². The third-order valence-electron chi connectivity index (χ3n) is 7.02. The molecule has 3 fully saturated rings. The summed E-state index contributed by atoms with van der Waals surface area (Å²) in [6, 6.07) is 9.54. The smallest absolute Gasteiger partial charge is 0.255 e. The highest BCUT2D eigenvalue weighted by Gasteiger charge is 2.60. The summed E-state index contributed by atoms with van der Waals surface area (Å²) in [5, 5.41) is 2.78. The third kappa shape index (κ3) is 4.58. The number of anilines is 1. The lowest BCUT2D eigenvalue weighted by Crippen LogP contribution is -2.67. The lowest BCUT2D eigenvalue weighted by Gasteiger charge is -2.53. The number of alkyl halides is 2. The summed E-state index contributed by atoms with van der Waals surface area (Å²) in [5.74, 6) is -5.75. The van der Waals surface area contributed by atoms with E-state index in [1.165, 1.54) is 11.0 Å². The third-order valence-corrected chi connectivity index (χ3v) is 7.55. The van der Waals surface area contributed by atoms with Gasteiger partial charge in [0.2, 0.25) is 11.8 Å². The van der Waals surface area contributed by atoms with E-state index in [0.29, 0.717) is 23.1 Å². The number of rotatable bonds is 6. The molecule has 2 bridgehead atoms. The largest absolute Gasteiger partial charge is 0.493 e. The van der Waals surface area contributed by atoms with Crippen molar-refractivity contribution >= 4 is 44.3 Å². The molecule has 6 nitrogen and oxygen atoms in total. The molecule has 2 amide bonds. The molecule has 6 rings (SSSR count). The summed E-state index contributed by atoms with van der Waals surface area (Å²) < 4.78 is 51.3. The van der Waals surface area contributed by atoms with Crippen LogP contribution in [0.25, 0.3) is 10.9 Å². The molecule has 3 aromatic rings. The number of aryl methyl sites for hydroxylation is 1. The molecule has 1 aromatic heterocycles. The van der Waals surface area contributed by atoms with E-state index < -0.39 is 48.0 Å². The molecular weight excluding hydrogens is 539 g/mol. The van der Waals surface area contributed by atoms with Gasteiger partial charge in [-0.2, -0.15) is 0 Å². The van der Waals surface area contributed by atoms with Gasteiger partial charge in [-0.3, -0.25) is 9.59 Å². The van der Waals surface area contributed by atoms with Gasteiger partial charge in [0.1, 0.15) is 11.8 Å². The van der Waals surface area contributed by atoms with Crippen LogP contribution in [0.1, 0.15) is 31.4 Å². The van der Waals surface area contributed by atoms with E-state index in [1.54, 1.807) is 43.3 Å². The molecule has 3 heterocycles. The topological polar surface area (TPSA) is 74.4 Å². The Morgan fingerprint density at radius 3 is 2.67 bits per heavy atom. The first-order valence-electron chi connectivity index (χ1n) is 11.8.